The van der Waals surface area contributed by atoms with Crippen LogP contribution in [0.5, 0.6) is 5.75 Å². The van der Waals surface area contributed by atoms with E-state index in [9.17, 15) is 5.11 Å². The number of hydrogen-bond acceptors (Lipinski definition) is 4. The lowest BCUT2D eigenvalue weighted by molar-refractivity contribution is 0.475. The van der Waals surface area contributed by atoms with Crippen LogP contribution in [0.2, 0.25) is 0 Å². The van der Waals surface area contributed by atoms with Gasteiger partial charge in [-0.15, -0.1) is 11.3 Å². The summed E-state index contributed by atoms with van der Waals surface area (Å²) in [6.45, 7) is 0. The van der Waals surface area contributed by atoms with Crippen LogP contribution >= 0.6 is 11.3 Å². The van der Waals surface area contributed by atoms with Crippen LogP contribution in [0.4, 0.5) is 0 Å². The van der Waals surface area contributed by atoms with E-state index >= 15 is 0 Å². The molecule has 0 fully saturated rings. The highest BCUT2D eigenvalue weighted by atomic mass is 32.1. The molecule has 1 heterocycles. The first-order valence-electron chi connectivity index (χ1n) is 6.02. The highest BCUT2D eigenvalue weighted by molar-refractivity contribution is 7.13. The van der Waals surface area contributed by atoms with Crippen molar-refractivity contribution in [2.75, 3.05) is 0 Å². The van der Waals surface area contributed by atoms with Gasteiger partial charge in [-0.2, -0.15) is 5.26 Å². The zero-order chi connectivity index (χ0) is 13.9. The second-order valence-electron chi connectivity index (χ2n) is 4.28. The first-order chi connectivity index (χ1) is 9.76. The van der Waals surface area contributed by atoms with Crippen LogP contribution < -0.4 is 0 Å². The van der Waals surface area contributed by atoms with Crippen molar-refractivity contribution in [1.29, 1.82) is 5.26 Å². The molecule has 0 unspecified atom stereocenters. The molecule has 0 bridgehead atoms. The van der Waals surface area contributed by atoms with Crippen molar-refractivity contribution in [2.24, 2.45) is 0 Å². The zero-order valence-corrected chi connectivity index (χ0v) is 11.3. The lowest BCUT2D eigenvalue weighted by atomic mass is 10.1. The van der Waals surface area contributed by atoms with Gasteiger partial charge in [0.15, 0.2) is 0 Å². The summed E-state index contributed by atoms with van der Waals surface area (Å²) in [4.78, 5) is 4.57. The number of nitrogens with zero attached hydrogens (tertiary/aromatic N) is 2. The van der Waals surface area contributed by atoms with Crippen LogP contribution in [0.1, 0.15) is 5.56 Å². The van der Waals surface area contributed by atoms with Gasteiger partial charge in [0.25, 0.3) is 0 Å². The topological polar surface area (TPSA) is 56.9 Å². The predicted octanol–water partition coefficient (Wildman–Crippen LogP) is 4.05. The number of hydrogen-bond donors (Lipinski definition) is 1. The summed E-state index contributed by atoms with van der Waals surface area (Å²) >= 11 is 1.53. The molecule has 3 rings (SSSR count). The summed E-state index contributed by atoms with van der Waals surface area (Å²) in [5, 5.41) is 21.1. The molecule has 0 aliphatic rings. The molecule has 2 aromatic carbocycles. The van der Waals surface area contributed by atoms with Crippen LogP contribution in [0.25, 0.3) is 21.8 Å². The van der Waals surface area contributed by atoms with Gasteiger partial charge < -0.3 is 5.11 Å². The molecule has 0 amide bonds. The molecular formula is C16H10N2OS. The maximum absolute atomic E-state index is 9.50. The van der Waals surface area contributed by atoms with Gasteiger partial charge in [0, 0.05) is 16.5 Å². The van der Waals surface area contributed by atoms with E-state index in [-0.39, 0.29) is 5.75 Å². The Hall–Kier alpha value is -2.64. The lowest BCUT2D eigenvalue weighted by Gasteiger charge is -1.98. The number of phenolic OH excluding ortho intramolecular Hbond substituents is 1. The van der Waals surface area contributed by atoms with Crippen molar-refractivity contribution in [3.05, 3.63) is 59.5 Å². The van der Waals surface area contributed by atoms with Gasteiger partial charge in [-0.25, -0.2) is 4.98 Å². The van der Waals surface area contributed by atoms with Gasteiger partial charge in [-0.3, -0.25) is 0 Å². The minimum absolute atomic E-state index is 0.234. The van der Waals surface area contributed by atoms with E-state index in [0.29, 0.717) is 5.56 Å². The van der Waals surface area contributed by atoms with Gasteiger partial charge in [0.05, 0.1) is 17.3 Å². The number of benzene rings is 2. The monoisotopic (exact) mass is 278 g/mol. The summed E-state index contributed by atoms with van der Waals surface area (Å²) in [5.74, 6) is 0.234. The Morgan fingerprint density at radius 2 is 1.85 bits per heavy atom. The van der Waals surface area contributed by atoms with Gasteiger partial charge in [-0.05, 0) is 24.3 Å². The van der Waals surface area contributed by atoms with Gasteiger partial charge >= 0.3 is 0 Å². The molecule has 4 heteroatoms. The van der Waals surface area contributed by atoms with E-state index in [2.05, 4.69) is 11.1 Å². The smallest absolute Gasteiger partial charge is 0.124 e. The average molecular weight is 278 g/mol. The molecule has 0 aliphatic heterocycles. The molecule has 0 saturated carbocycles. The second-order valence-corrected chi connectivity index (χ2v) is 5.14. The minimum Gasteiger partial charge on any atom is -0.508 e. The molecule has 20 heavy (non-hydrogen) atoms. The van der Waals surface area contributed by atoms with Crippen molar-refractivity contribution >= 4 is 11.3 Å². The second kappa shape index (κ2) is 5.16. The van der Waals surface area contributed by atoms with Gasteiger partial charge in [0.1, 0.15) is 10.8 Å². The van der Waals surface area contributed by atoms with E-state index in [0.717, 1.165) is 21.8 Å². The Labute approximate surface area is 120 Å². The molecule has 0 atom stereocenters. The summed E-state index contributed by atoms with van der Waals surface area (Å²) < 4.78 is 0. The standard InChI is InChI=1S/C16H10N2OS/c17-9-11-4-6-12(7-5-11)15-10-20-16(18-15)13-2-1-3-14(19)8-13/h1-8,10,19H. The van der Waals surface area contributed by atoms with E-state index in [1.54, 1.807) is 30.3 Å². The van der Waals surface area contributed by atoms with E-state index in [1.807, 2.05) is 23.6 Å². The van der Waals surface area contributed by atoms with Crippen molar-refractivity contribution in [2.45, 2.75) is 0 Å². The largest absolute Gasteiger partial charge is 0.508 e. The third kappa shape index (κ3) is 2.40. The third-order valence-corrected chi connectivity index (χ3v) is 3.80. The Morgan fingerprint density at radius 3 is 2.55 bits per heavy atom. The molecule has 3 aromatic rings. The molecule has 0 spiro atoms. The fourth-order valence-corrected chi connectivity index (χ4v) is 2.72. The number of rotatable bonds is 2. The number of thiazole rings is 1. The predicted molar refractivity (Wildman–Crippen MR) is 79.4 cm³/mol. The first-order valence-corrected chi connectivity index (χ1v) is 6.90. The van der Waals surface area contributed by atoms with E-state index in [4.69, 9.17) is 5.26 Å². The molecule has 0 aliphatic carbocycles. The van der Waals surface area contributed by atoms with Crippen molar-refractivity contribution in [3.8, 4) is 33.6 Å². The Morgan fingerprint density at radius 1 is 1.05 bits per heavy atom. The van der Waals surface area contributed by atoms with Crippen LogP contribution in [-0.2, 0) is 0 Å². The SMILES string of the molecule is N#Cc1ccc(-c2csc(-c3cccc(O)c3)n2)cc1. The molecule has 0 radical (unpaired) electrons. The summed E-state index contributed by atoms with van der Waals surface area (Å²) in [7, 11) is 0. The van der Waals surface area contributed by atoms with Crippen molar-refractivity contribution in [3.63, 3.8) is 0 Å². The van der Waals surface area contributed by atoms with Crippen LogP contribution in [0.15, 0.2) is 53.9 Å². The highest BCUT2D eigenvalue weighted by Crippen LogP contribution is 2.30. The fourth-order valence-electron chi connectivity index (χ4n) is 1.89. The third-order valence-electron chi connectivity index (χ3n) is 2.91. The van der Waals surface area contributed by atoms with Gasteiger partial charge in [-0.1, -0.05) is 24.3 Å². The minimum atomic E-state index is 0.234. The summed E-state index contributed by atoms with van der Waals surface area (Å²) in [6, 6.07) is 16.5. The zero-order valence-electron chi connectivity index (χ0n) is 10.4. The average Bonchev–Trinajstić information content (AvgIpc) is 2.97. The number of aromatic hydroxyl groups is 1. The van der Waals surface area contributed by atoms with Crippen LogP contribution in [0, 0.1) is 11.3 Å². The van der Waals surface area contributed by atoms with Crippen molar-refractivity contribution < 1.29 is 5.11 Å². The number of aromatic nitrogens is 1. The number of nitriles is 1. The van der Waals surface area contributed by atoms with E-state index in [1.165, 1.54) is 11.3 Å². The number of phenols is 1. The van der Waals surface area contributed by atoms with Gasteiger partial charge in [0.2, 0.25) is 0 Å². The lowest BCUT2D eigenvalue weighted by Crippen LogP contribution is -1.80. The Kier molecular flexibility index (Phi) is 3.20. The molecule has 96 valence electrons. The molecular weight excluding hydrogens is 268 g/mol. The summed E-state index contributed by atoms with van der Waals surface area (Å²) in [5.41, 5.74) is 3.39. The van der Waals surface area contributed by atoms with E-state index < -0.39 is 0 Å². The first kappa shape index (κ1) is 12.4. The molecule has 1 N–H and O–H groups in total. The molecule has 1 aromatic heterocycles. The molecule has 0 saturated heterocycles. The normalized spacial score (nSPS) is 10.2. The van der Waals surface area contributed by atoms with Crippen molar-refractivity contribution in [1.82, 2.24) is 4.98 Å². The van der Waals surface area contributed by atoms with Crippen LogP contribution in [0.3, 0.4) is 0 Å². The quantitative estimate of drug-likeness (QED) is 0.769. The maximum atomic E-state index is 9.50. The highest BCUT2D eigenvalue weighted by Gasteiger charge is 2.07. The molecule has 3 nitrogen and oxygen atoms in total. The Balaban J connectivity index is 1.95. The fraction of sp³-hybridized carbons (Fsp3) is 0. The maximum Gasteiger partial charge on any atom is 0.124 e. The summed E-state index contributed by atoms with van der Waals surface area (Å²) in [6.07, 6.45) is 0. The van der Waals surface area contributed by atoms with Crippen LogP contribution in [-0.4, -0.2) is 10.1 Å². The Bertz CT molecular complexity index is 785.